The Labute approximate surface area is 249 Å². The molecule has 0 aliphatic carbocycles. The SMILES string of the molecule is CC[C@@](C)(CCCO[Si](C)(C)C(C)(C)C)C(=O)N1[C@@H](C(C)C)CO[C@@H]1CCSCCCO[Si](C)(C)C(C)(C)C. The molecule has 0 unspecified atom stereocenters. The van der Waals surface area contributed by atoms with Crippen molar-refractivity contribution in [3.63, 3.8) is 0 Å². The van der Waals surface area contributed by atoms with E-state index in [1.54, 1.807) is 0 Å². The molecule has 3 atom stereocenters. The summed E-state index contributed by atoms with van der Waals surface area (Å²) in [6.07, 6.45) is 4.45. The van der Waals surface area contributed by atoms with Crippen LogP contribution in [0.15, 0.2) is 0 Å². The highest BCUT2D eigenvalue weighted by atomic mass is 32.2. The Morgan fingerprint density at radius 3 is 1.90 bits per heavy atom. The number of carbonyl (C=O) groups is 1. The van der Waals surface area contributed by atoms with Crippen LogP contribution in [-0.2, 0) is 18.4 Å². The molecule has 0 radical (unpaired) electrons. The van der Waals surface area contributed by atoms with Gasteiger partial charge in [-0.25, -0.2) is 0 Å². The van der Waals surface area contributed by atoms with Crippen molar-refractivity contribution < 1.29 is 18.4 Å². The van der Waals surface area contributed by atoms with E-state index in [1.165, 1.54) is 0 Å². The molecule has 1 fully saturated rings. The van der Waals surface area contributed by atoms with Crippen LogP contribution < -0.4 is 0 Å². The first-order valence-electron chi connectivity index (χ1n) is 15.5. The molecule has 1 aliphatic rings. The lowest BCUT2D eigenvalue weighted by atomic mass is 9.80. The third-order valence-corrected chi connectivity index (χ3v) is 20.0. The molecular formula is C31H65NO4SSi2. The van der Waals surface area contributed by atoms with Crippen molar-refractivity contribution in [2.45, 2.75) is 150 Å². The van der Waals surface area contributed by atoms with E-state index in [0.717, 1.165) is 56.8 Å². The Balaban J connectivity index is 2.68. The van der Waals surface area contributed by atoms with Crippen LogP contribution in [0.5, 0.6) is 0 Å². The predicted molar refractivity (Wildman–Crippen MR) is 176 cm³/mol. The van der Waals surface area contributed by atoms with Gasteiger partial charge in [-0.1, -0.05) is 69.2 Å². The highest BCUT2D eigenvalue weighted by molar-refractivity contribution is 7.99. The van der Waals surface area contributed by atoms with Crippen molar-refractivity contribution >= 4 is 34.3 Å². The zero-order valence-electron chi connectivity index (χ0n) is 28.3. The number of nitrogens with zero attached hydrogens (tertiary/aromatic N) is 1. The third kappa shape index (κ3) is 10.7. The van der Waals surface area contributed by atoms with Gasteiger partial charge in [-0.2, -0.15) is 11.8 Å². The standard InChI is InChI=1S/C31H65NO4SSi2/c1-15-31(10,19-16-20-35-38(11,12)29(4,5)6)28(33)32-26(25(2)3)24-34-27(32)18-23-37-22-17-21-36-39(13,14)30(7,8)9/h25-27H,15-24H2,1-14H3/t26-,27-,31+/m1/s1. The van der Waals surface area contributed by atoms with Gasteiger partial charge in [-0.05, 0) is 79.4 Å². The topological polar surface area (TPSA) is 48.0 Å². The maximum Gasteiger partial charge on any atom is 0.230 e. The van der Waals surface area contributed by atoms with Crippen molar-refractivity contribution in [1.29, 1.82) is 0 Å². The molecule has 0 N–H and O–H groups in total. The monoisotopic (exact) mass is 603 g/mol. The van der Waals surface area contributed by atoms with Crippen molar-refractivity contribution in [2.75, 3.05) is 31.3 Å². The molecular weight excluding hydrogens is 539 g/mol. The molecule has 39 heavy (non-hydrogen) atoms. The normalized spacial score (nSPS) is 21.1. The van der Waals surface area contributed by atoms with E-state index in [2.05, 4.69) is 100 Å². The van der Waals surface area contributed by atoms with E-state index in [4.69, 9.17) is 13.6 Å². The fraction of sp³-hybridized carbons (Fsp3) is 0.968. The van der Waals surface area contributed by atoms with Gasteiger partial charge in [0.2, 0.25) is 5.91 Å². The van der Waals surface area contributed by atoms with E-state index < -0.39 is 16.6 Å². The number of hydrogen-bond donors (Lipinski definition) is 0. The van der Waals surface area contributed by atoms with Gasteiger partial charge in [0.15, 0.2) is 16.6 Å². The van der Waals surface area contributed by atoms with Crippen molar-refractivity contribution in [2.24, 2.45) is 11.3 Å². The first kappa shape index (κ1) is 37.2. The van der Waals surface area contributed by atoms with Crippen LogP contribution >= 0.6 is 11.8 Å². The molecule has 0 bridgehead atoms. The lowest BCUT2D eigenvalue weighted by molar-refractivity contribution is -0.149. The van der Waals surface area contributed by atoms with E-state index >= 15 is 0 Å². The van der Waals surface area contributed by atoms with Gasteiger partial charge in [0.1, 0.15) is 6.23 Å². The van der Waals surface area contributed by atoms with Gasteiger partial charge in [0.05, 0.1) is 12.6 Å². The van der Waals surface area contributed by atoms with Crippen molar-refractivity contribution in [3.05, 3.63) is 0 Å². The summed E-state index contributed by atoms with van der Waals surface area (Å²) < 4.78 is 19.0. The molecule has 1 saturated heterocycles. The van der Waals surface area contributed by atoms with Gasteiger partial charge in [-0.15, -0.1) is 0 Å². The maximum absolute atomic E-state index is 14.1. The number of ether oxygens (including phenoxy) is 1. The van der Waals surface area contributed by atoms with Crippen LogP contribution in [0.3, 0.4) is 0 Å². The molecule has 1 rings (SSSR count). The van der Waals surface area contributed by atoms with Crippen LogP contribution in [0.1, 0.15) is 101 Å². The molecule has 0 aromatic rings. The summed E-state index contributed by atoms with van der Waals surface area (Å²) in [4.78, 5) is 16.2. The predicted octanol–water partition coefficient (Wildman–Crippen LogP) is 8.95. The molecule has 1 amide bonds. The molecule has 8 heteroatoms. The molecule has 1 heterocycles. The van der Waals surface area contributed by atoms with E-state index in [1.807, 2.05) is 11.8 Å². The number of rotatable bonds is 16. The van der Waals surface area contributed by atoms with Crippen LogP contribution in [0.2, 0.25) is 36.3 Å². The van der Waals surface area contributed by atoms with Crippen LogP contribution in [-0.4, -0.2) is 71.0 Å². The summed E-state index contributed by atoms with van der Waals surface area (Å²) in [6, 6.07) is 0.153. The van der Waals surface area contributed by atoms with Crippen molar-refractivity contribution in [1.82, 2.24) is 4.90 Å². The fourth-order valence-electron chi connectivity index (χ4n) is 4.35. The molecule has 5 nitrogen and oxygen atoms in total. The summed E-state index contributed by atoms with van der Waals surface area (Å²) in [5, 5.41) is 0.463. The Morgan fingerprint density at radius 2 is 1.44 bits per heavy atom. The number of thioether (sulfide) groups is 1. The first-order chi connectivity index (χ1) is 17.7. The van der Waals surface area contributed by atoms with Crippen LogP contribution in [0, 0.1) is 11.3 Å². The summed E-state index contributed by atoms with van der Waals surface area (Å²) >= 11 is 1.96. The minimum absolute atomic E-state index is 0.116. The quantitative estimate of drug-likeness (QED) is 0.130. The van der Waals surface area contributed by atoms with Gasteiger partial charge < -0.3 is 18.5 Å². The second kappa shape index (κ2) is 15.0. The van der Waals surface area contributed by atoms with E-state index in [0.29, 0.717) is 12.5 Å². The van der Waals surface area contributed by atoms with Crippen LogP contribution in [0.25, 0.3) is 0 Å². The molecule has 0 saturated carbocycles. The average Bonchev–Trinajstić information content (AvgIpc) is 3.23. The summed E-state index contributed by atoms with van der Waals surface area (Å²) in [5.41, 5.74) is -0.385. The Bertz CT molecular complexity index is 748. The highest BCUT2D eigenvalue weighted by Gasteiger charge is 2.45. The Morgan fingerprint density at radius 1 is 0.923 bits per heavy atom. The van der Waals surface area contributed by atoms with Crippen LogP contribution in [0.4, 0.5) is 0 Å². The number of hydrogen-bond acceptors (Lipinski definition) is 5. The molecule has 0 spiro atoms. The largest absolute Gasteiger partial charge is 0.417 e. The lowest BCUT2D eigenvalue weighted by Crippen LogP contribution is -2.50. The highest BCUT2D eigenvalue weighted by Crippen LogP contribution is 2.39. The maximum atomic E-state index is 14.1. The Kier molecular flexibility index (Phi) is 14.3. The van der Waals surface area contributed by atoms with Gasteiger partial charge >= 0.3 is 0 Å². The third-order valence-electron chi connectivity index (χ3n) is 9.78. The van der Waals surface area contributed by atoms with Crippen molar-refractivity contribution in [3.8, 4) is 0 Å². The van der Waals surface area contributed by atoms with Gasteiger partial charge in [-0.3, -0.25) is 4.79 Å². The zero-order valence-corrected chi connectivity index (χ0v) is 31.1. The minimum Gasteiger partial charge on any atom is -0.417 e. The van der Waals surface area contributed by atoms with E-state index in [-0.39, 0.29) is 33.7 Å². The first-order valence-corrected chi connectivity index (χ1v) is 22.5. The second-order valence-electron chi connectivity index (χ2n) is 15.3. The molecule has 232 valence electrons. The zero-order chi connectivity index (χ0) is 30.3. The lowest BCUT2D eigenvalue weighted by Gasteiger charge is -2.39. The van der Waals surface area contributed by atoms with Gasteiger partial charge in [0, 0.05) is 25.0 Å². The number of carbonyl (C=O) groups excluding carboxylic acids is 1. The van der Waals surface area contributed by atoms with E-state index in [9.17, 15) is 4.79 Å². The fourth-order valence-corrected chi connectivity index (χ4v) is 7.41. The number of amides is 1. The average molecular weight is 604 g/mol. The summed E-state index contributed by atoms with van der Waals surface area (Å²) in [6.45, 7) is 33.9. The minimum atomic E-state index is -1.77. The second-order valence-corrected chi connectivity index (χ2v) is 26.1. The smallest absolute Gasteiger partial charge is 0.230 e. The molecule has 1 aliphatic heterocycles. The summed E-state index contributed by atoms with van der Waals surface area (Å²) in [5.74, 6) is 2.74. The molecule has 0 aromatic heterocycles. The molecule has 0 aromatic carbocycles. The van der Waals surface area contributed by atoms with Gasteiger partial charge in [0.25, 0.3) is 0 Å². The Hall–Kier alpha value is 0.134. The summed E-state index contributed by atoms with van der Waals surface area (Å²) in [7, 11) is -3.44.